The summed E-state index contributed by atoms with van der Waals surface area (Å²) in [5, 5.41) is 20.7. The third kappa shape index (κ3) is 27.2. The molecule has 1 fully saturated rings. The summed E-state index contributed by atoms with van der Waals surface area (Å²) in [7, 11) is 0.992. The second-order valence-electron chi connectivity index (χ2n) is 15.8. The van der Waals surface area contributed by atoms with Crippen molar-refractivity contribution in [3.63, 3.8) is 0 Å². The SMILES string of the molecule is CCCC/C=C\CCCCCCCC(=O)OC[C@H](COP(=O)([O-])OCC[N+](C)(C)C)OC(=O)CCC/C=C\C[C@H]1[C@@H](O)CC(=O)[C@@H]1/C=C/[C@@H](O)CCCCC. The standard InChI is InChI=1S/C42H74NO11P/c1-6-8-10-11-12-13-14-15-16-17-22-26-41(47)51-33-36(34-53-55(49,50)52-31-30-43(3,4)5)54-42(48)27-23-19-18-21-25-37-38(40(46)32-39(37)45)29-28-35(44)24-20-9-7-2/h11-12,18,21,28-29,35-39,44-45H,6-10,13-17,19-20,22-27,30-34H2,1-5H3/b12-11-,21-18-,29-28+/t35-,36+,37+,38+,39-/m0/s1. The zero-order valence-electron chi connectivity index (χ0n) is 34.6. The van der Waals surface area contributed by atoms with Gasteiger partial charge in [0, 0.05) is 31.1 Å². The third-order valence-corrected chi connectivity index (χ3v) is 10.5. The lowest BCUT2D eigenvalue weighted by molar-refractivity contribution is -0.870. The fraction of sp³-hybridized carbons (Fsp3) is 0.786. The number of unbranched alkanes of at least 4 members (excludes halogenated alkanes) is 10. The monoisotopic (exact) mass is 799 g/mol. The summed E-state index contributed by atoms with van der Waals surface area (Å²) < 4.78 is 33.7. The van der Waals surface area contributed by atoms with Crippen molar-refractivity contribution in [1.29, 1.82) is 0 Å². The lowest BCUT2D eigenvalue weighted by Gasteiger charge is -2.28. The van der Waals surface area contributed by atoms with Gasteiger partial charge in [0.15, 0.2) is 6.10 Å². The lowest BCUT2D eigenvalue weighted by atomic mass is 9.90. The molecule has 1 rings (SSSR count). The first-order chi connectivity index (χ1) is 26.2. The Bertz CT molecular complexity index is 1200. The molecule has 6 atom stereocenters. The molecule has 0 heterocycles. The van der Waals surface area contributed by atoms with Crippen molar-refractivity contribution in [2.24, 2.45) is 11.8 Å². The summed E-state index contributed by atoms with van der Waals surface area (Å²) in [4.78, 5) is 50.1. The molecule has 0 saturated heterocycles. The van der Waals surface area contributed by atoms with Gasteiger partial charge in [0.25, 0.3) is 7.82 Å². The molecule has 318 valence electrons. The number of ketones is 1. The van der Waals surface area contributed by atoms with Crippen molar-refractivity contribution in [2.45, 2.75) is 154 Å². The number of quaternary nitrogens is 1. The molecule has 1 unspecified atom stereocenters. The number of carbonyl (C=O) groups excluding carboxylic acids is 3. The average Bonchev–Trinajstić information content (AvgIpc) is 3.39. The van der Waals surface area contributed by atoms with Crippen molar-refractivity contribution in [3.8, 4) is 0 Å². The largest absolute Gasteiger partial charge is 0.756 e. The zero-order valence-corrected chi connectivity index (χ0v) is 35.5. The van der Waals surface area contributed by atoms with Crippen molar-refractivity contribution in [3.05, 3.63) is 36.5 Å². The molecule has 1 saturated carbocycles. The molecule has 0 aromatic carbocycles. The van der Waals surface area contributed by atoms with Gasteiger partial charge >= 0.3 is 11.9 Å². The third-order valence-electron chi connectivity index (χ3n) is 9.51. The van der Waals surface area contributed by atoms with E-state index in [1.54, 1.807) is 12.2 Å². The van der Waals surface area contributed by atoms with E-state index in [-0.39, 0.29) is 44.2 Å². The predicted octanol–water partition coefficient (Wildman–Crippen LogP) is 7.31. The van der Waals surface area contributed by atoms with Gasteiger partial charge in [-0.3, -0.25) is 18.9 Å². The van der Waals surface area contributed by atoms with Gasteiger partial charge in [-0.1, -0.05) is 102 Å². The van der Waals surface area contributed by atoms with Crippen LogP contribution in [-0.2, 0) is 37.5 Å². The number of allylic oxidation sites excluding steroid dienone is 5. The number of aliphatic hydroxyl groups excluding tert-OH is 2. The molecular weight excluding hydrogens is 725 g/mol. The molecule has 0 aromatic rings. The van der Waals surface area contributed by atoms with Crippen molar-refractivity contribution >= 4 is 25.5 Å². The van der Waals surface area contributed by atoms with E-state index >= 15 is 0 Å². The Morgan fingerprint density at radius 2 is 1.49 bits per heavy atom. The maximum absolute atomic E-state index is 12.7. The summed E-state index contributed by atoms with van der Waals surface area (Å²) in [6.07, 6.45) is 24.0. The summed E-state index contributed by atoms with van der Waals surface area (Å²) in [6.45, 7) is 3.73. The minimum atomic E-state index is -4.70. The minimum Gasteiger partial charge on any atom is -0.756 e. The second-order valence-corrected chi connectivity index (χ2v) is 17.2. The van der Waals surface area contributed by atoms with Crippen LogP contribution in [-0.4, -0.2) is 98.2 Å². The van der Waals surface area contributed by atoms with Crippen LogP contribution in [0.15, 0.2) is 36.5 Å². The maximum atomic E-state index is 12.7. The van der Waals surface area contributed by atoms with Crippen LogP contribution in [0.4, 0.5) is 0 Å². The van der Waals surface area contributed by atoms with E-state index < -0.39 is 50.6 Å². The van der Waals surface area contributed by atoms with Gasteiger partial charge in [0.05, 0.1) is 40.0 Å². The molecule has 12 nitrogen and oxygen atoms in total. The topological polar surface area (TPSA) is 169 Å². The number of phosphoric ester groups is 1. The Kier molecular flexibility index (Phi) is 27.7. The van der Waals surface area contributed by atoms with Crippen LogP contribution in [0.3, 0.4) is 0 Å². The van der Waals surface area contributed by atoms with E-state index in [0.717, 1.165) is 57.8 Å². The number of esters is 2. The van der Waals surface area contributed by atoms with E-state index in [0.29, 0.717) is 43.1 Å². The highest BCUT2D eigenvalue weighted by Gasteiger charge is 2.39. The number of rotatable bonds is 33. The molecule has 0 amide bonds. The zero-order chi connectivity index (χ0) is 41.0. The number of aliphatic hydroxyl groups is 2. The quantitative estimate of drug-likeness (QED) is 0.0225. The number of hydrogen-bond donors (Lipinski definition) is 2. The van der Waals surface area contributed by atoms with Crippen LogP contribution in [0, 0.1) is 11.8 Å². The van der Waals surface area contributed by atoms with Gasteiger partial charge in [-0.25, -0.2) is 0 Å². The van der Waals surface area contributed by atoms with Crippen LogP contribution < -0.4 is 4.89 Å². The van der Waals surface area contributed by atoms with Crippen LogP contribution in [0.1, 0.15) is 136 Å². The Hall–Kier alpha value is -2.18. The molecule has 1 aliphatic rings. The van der Waals surface area contributed by atoms with Crippen LogP contribution in [0.5, 0.6) is 0 Å². The number of carbonyl (C=O) groups is 3. The first-order valence-electron chi connectivity index (χ1n) is 20.8. The molecule has 0 aliphatic heterocycles. The normalized spacial score (nSPS) is 20.1. The van der Waals surface area contributed by atoms with E-state index in [4.69, 9.17) is 18.5 Å². The van der Waals surface area contributed by atoms with Gasteiger partial charge in [-0.15, -0.1) is 0 Å². The average molecular weight is 800 g/mol. The van der Waals surface area contributed by atoms with E-state index in [2.05, 4.69) is 26.0 Å². The van der Waals surface area contributed by atoms with Crippen LogP contribution in [0.2, 0.25) is 0 Å². The first kappa shape index (κ1) is 50.8. The highest BCUT2D eigenvalue weighted by atomic mass is 31.2. The van der Waals surface area contributed by atoms with Crippen LogP contribution in [0.25, 0.3) is 0 Å². The van der Waals surface area contributed by atoms with Crippen LogP contribution >= 0.6 is 7.82 Å². The van der Waals surface area contributed by atoms with E-state index in [1.807, 2.05) is 33.3 Å². The first-order valence-corrected chi connectivity index (χ1v) is 22.3. The molecule has 55 heavy (non-hydrogen) atoms. The fourth-order valence-corrected chi connectivity index (χ4v) is 6.81. The molecule has 0 spiro atoms. The number of Topliss-reactive ketones (excluding diaryl/α,β-unsaturated/α-hetero) is 1. The Morgan fingerprint density at radius 1 is 0.855 bits per heavy atom. The molecular formula is C42H74NO11P. The van der Waals surface area contributed by atoms with Gasteiger partial charge in [-0.2, -0.15) is 0 Å². The highest BCUT2D eigenvalue weighted by Crippen LogP contribution is 2.38. The van der Waals surface area contributed by atoms with Gasteiger partial charge in [0.2, 0.25) is 0 Å². The number of phosphoric acid groups is 1. The molecule has 0 aromatic heterocycles. The maximum Gasteiger partial charge on any atom is 0.306 e. The number of hydrogen-bond acceptors (Lipinski definition) is 11. The van der Waals surface area contributed by atoms with Gasteiger partial charge < -0.3 is 38.1 Å². The van der Waals surface area contributed by atoms with Gasteiger partial charge in [0.1, 0.15) is 25.5 Å². The highest BCUT2D eigenvalue weighted by molar-refractivity contribution is 7.45. The summed E-state index contributed by atoms with van der Waals surface area (Å²) in [5.74, 6) is -1.81. The van der Waals surface area contributed by atoms with Gasteiger partial charge in [-0.05, 0) is 51.4 Å². The number of likely N-dealkylation sites (N-methyl/N-ethyl adjacent to an activating group) is 1. The van der Waals surface area contributed by atoms with Crippen molar-refractivity contribution in [1.82, 2.24) is 0 Å². The van der Waals surface area contributed by atoms with E-state index in [9.17, 15) is 34.1 Å². The molecule has 0 radical (unpaired) electrons. The number of nitrogens with zero attached hydrogens (tertiary/aromatic N) is 1. The lowest BCUT2D eigenvalue weighted by Crippen LogP contribution is -2.37. The second kappa shape index (κ2) is 30.0. The molecule has 2 N–H and O–H groups in total. The summed E-state index contributed by atoms with van der Waals surface area (Å²) in [6, 6.07) is 0. The molecule has 1 aliphatic carbocycles. The number of ether oxygens (including phenoxy) is 2. The Balaban J connectivity index is 2.57. The Labute approximate surface area is 331 Å². The predicted molar refractivity (Wildman–Crippen MR) is 214 cm³/mol. The molecule has 13 heteroatoms. The summed E-state index contributed by atoms with van der Waals surface area (Å²) in [5.41, 5.74) is 0. The summed E-state index contributed by atoms with van der Waals surface area (Å²) >= 11 is 0. The minimum absolute atomic E-state index is 0.0319. The Morgan fingerprint density at radius 3 is 2.20 bits per heavy atom. The smallest absolute Gasteiger partial charge is 0.306 e. The fourth-order valence-electron chi connectivity index (χ4n) is 6.09. The van der Waals surface area contributed by atoms with E-state index in [1.165, 1.54) is 12.8 Å². The van der Waals surface area contributed by atoms with Crippen molar-refractivity contribution < 1.29 is 57.1 Å². The van der Waals surface area contributed by atoms with Crippen molar-refractivity contribution in [2.75, 3.05) is 47.5 Å². The molecule has 0 bridgehead atoms.